The van der Waals surface area contributed by atoms with Crippen LogP contribution in [0.2, 0.25) is 0 Å². The topological polar surface area (TPSA) is 13.1 Å². The second-order valence-corrected chi connectivity index (χ2v) is 4.52. The van der Waals surface area contributed by atoms with Crippen LogP contribution >= 0.6 is 11.6 Å². The van der Waals surface area contributed by atoms with Gasteiger partial charge in [0, 0.05) is 5.88 Å². The Morgan fingerprint density at radius 3 is 2.62 bits per heavy atom. The van der Waals surface area contributed by atoms with Crippen LogP contribution in [0.15, 0.2) is 23.0 Å². The third-order valence-corrected chi connectivity index (χ3v) is 3.50. The lowest BCUT2D eigenvalue weighted by Crippen LogP contribution is -2.28. The van der Waals surface area contributed by atoms with Gasteiger partial charge in [-0.05, 0) is 29.4 Å². The molecule has 2 heteroatoms. The summed E-state index contributed by atoms with van der Waals surface area (Å²) in [5, 5.41) is 0. The highest BCUT2D eigenvalue weighted by Gasteiger charge is 2.27. The molecule has 0 aliphatic rings. The van der Waals surface area contributed by atoms with Gasteiger partial charge < -0.3 is 4.42 Å². The van der Waals surface area contributed by atoms with Gasteiger partial charge in [0.15, 0.2) is 0 Å². The molecule has 0 aromatic carbocycles. The van der Waals surface area contributed by atoms with Gasteiger partial charge in [-0.1, -0.05) is 20.8 Å². The van der Waals surface area contributed by atoms with Crippen molar-refractivity contribution in [2.24, 2.45) is 11.3 Å². The molecule has 0 fully saturated rings. The van der Waals surface area contributed by atoms with Gasteiger partial charge in [0.2, 0.25) is 0 Å². The molecule has 13 heavy (non-hydrogen) atoms. The lowest BCUT2D eigenvalue weighted by Gasteiger charge is -2.31. The fourth-order valence-electron chi connectivity index (χ4n) is 1.27. The Balaban J connectivity index is 2.69. The molecule has 0 bridgehead atoms. The highest BCUT2D eigenvalue weighted by molar-refractivity contribution is 6.18. The van der Waals surface area contributed by atoms with Crippen LogP contribution in [0.1, 0.15) is 26.3 Å². The fraction of sp³-hybridized carbons (Fsp3) is 0.636. The van der Waals surface area contributed by atoms with Crippen LogP contribution in [0.4, 0.5) is 0 Å². The number of furan rings is 1. The summed E-state index contributed by atoms with van der Waals surface area (Å²) in [4.78, 5) is 0. The lowest BCUT2D eigenvalue weighted by atomic mass is 9.76. The highest BCUT2D eigenvalue weighted by Crippen LogP contribution is 2.32. The second kappa shape index (κ2) is 4.19. The molecule has 1 rings (SSSR count). The smallest absolute Gasteiger partial charge is 0.0934 e. The molecule has 0 spiro atoms. The van der Waals surface area contributed by atoms with E-state index in [1.54, 1.807) is 12.5 Å². The number of rotatable bonds is 4. The number of halogens is 1. The molecule has 0 N–H and O–H groups in total. The molecular formula is C11H17ClO. The maximum atomic E-state index is 5.99. The van der Waals surface area contributed by atoms with Crippen molar-refractivity contribution in [3.8, 4) is 0 Å². The van der Waals surface area contributed by atoms with Gasteiger partial charge in [0.25, 0.3) is 0 Å². The van der Waals surface area contributed by atoms with E-state index in [-0.39, 0.29) is 5.41 Å². The van der Waals surface area contributed by atoms with E-state index in [4.69, 9.17) is 16.0 Å². The van der Waals surface area contributed by atoms with Crippen molar-refractivity contribution < 1.29 is 4.42 Å². The van der Waals surface area contributed by atoms with Gasteiger partial charge in [0.05, 0.1) is 12.5 Å². The van der Waals surface area contributed by atoms with Crippen molar-refractivity contribution in [2.75, 3.05) is 5.88 Å². The Kier molecular flexibility index (Phi) is 3.43. The standard InChI is InChI=1S/C11H17ClO/c1-9(2)11(3,8-12)6-10-4-5-13-7-10/h4-5,7,9H,6,8H2,1-3H3. The number of hydrogen-bond donors (Lipinski definition) is 0. The van der Waals surface area contributed by atoms with Crippen LogP contribution in [-0.2, 0) is 6.42 Å². The first-order chi connectivity index (χ1) is 6.08. The molecule has 0 aliphatic carbocycles. The average Bonchev–Trinajstić information content (AvgIpc) is 2.56. The van der Waals surface area contributed by atoms with E-state index in [0.717, 1.165) is 6.42 Å². The Morgan fingerprint density at radius 2 is 2.23 bits per heavy atom. The predicted molar refractivity (Wildman–Crippen MR) is 56.1 cm³/mol. The third kappa shape index (κ3) is 2.50. The summed E-state index contributed by atoms with van der Waals surface area (Å²) in [6.07, 6.45) is 4.50. The maximum Gasteiger partial charge on any atom is 0.0934 e. The van der Waals surface area contributed by atoms with Crippen LogP contribution in [0, 0.1) is 11.3 Å². The Morgan fingerprint density at radius 1 is 1.54 bits per heavy atom. The number of hydrogen-bond acceptors (Lipinski definition) is 1. The Bertz CT molecular complexity index is 241. The number of alkyl halides is 1. The largest absolute Gasteiger partial charge is 0.472 e. The van der Waals surface area contributed by atoms with Crippen molar-refractivity contribution in [2.45, 2.75) is 27.2 Å². The molecule has 1 nitrogen and oxygen atoms in total. The van der Waals surface area contributed by atoms with E-state index >= 15 is 0 Å². The zero-order valence-corrected chi connectivity index (χ0v) is 9.27. The Labute approximate surface area is 85.1 Å². The minimum Gasteiger partial charge on any atom is -0.472 e. The van der Waals surface area contributed by atoms with Crippen LogP contribution in [0.3, 0.4) is 0 Å². The van der Waals surface area contributed by atoms with Gasteiger partial charge in [-0.3, -0.25) is 0 Å². The fourth-order valence-corrected chi connectivity index (χ4v) is 1.67. The molecule has 1 aromatic rings. The summed E-state index contributed by atoms with van der Waals surface area (Å²) in [6.45, 7) is 6.64. The van der Waals surface area contributed by atoms with Crippen molar-refractivity contribution in [1.82, 2.24) is 0 Å². The molecule has 0 saturated heterocycles. The van der Waals surface area contributed by atoms with Gasteiger partial charge in [0.1, 0.15) is 0 Å². The SMILES string of the molecule is CC(C)C(C)(CCl)Cc1ccoc1. The summed E-state index contributed by atoms with van der Waals surface area (Å²) < 4.78 is 5.04. The molecule has 74 valence electrons. The summed E-state index contributed by atoms with van der Waals surface area (Å²) >= 11 is 5.99. The highest BCUT2D eigenvalue weighted by atomic mass is 35.5. The summed E-state index contributed by atoms with van der Waals surface area (Å²) in [5.41, 5.74) is 1.41. The van der Waals surface area contributed by atoms with Gasteiger partial charge in [-0.15, -0.1) is 11.6 Å². The molecule has 0 aliphatic heterocycles. The molecule has 0 amide bonds. The predicted octanol–water partition coefficient (Wildman–Crippen LogP) is 3.72. The molecule has 1 unspecified atom stereocenters. The summed E-state index contributed by atoms with van der Waals surface area (Å²) in [7, 11) is 0. The average molecular weight is 201 g/mol. The van der Waals surface area contributed by atoms with Crippen LogP contribution in [0.5, 0.6) is 0 Å². The monoisotopic (exact) mass is 200 g/mol. The van der Waals surface area contributed by atoms with E-state index < -0.39 is 0 Å². The first kappa shape index (κ1) is 10.6. The Hall–Kier alpha value is -0.430. The molecule has 1 heterocycles. The molecule has 0 saturated carbocycles. The van der Waals surface area contributed by atoms with Crippen LogP contribution in [0.25, 0.3) is 0 Å². The summed E-state index contributed by atoms with van der Waals surface area (Å²) in [5.74, 6) is 1.27. The van der Waals surface area contributed by atoms with Gasteiger partial charge in [-0.25, -0.2) is 0 Å². The van der Waals surface area contributed by atoms with Crippen molar-refractivity contribution in [1.29, 1.82) is 0 Å². The third-order valence-electron chi connectivity index (χ3n) is 2.89. The van der Waals surface area contributed by atoms with Gasteiger partial charge in [-0.2, -0.15) is 0 Å². The van der Waals surface area contributed by atoms with E-state index in [2.05, 4.69) is 20.8 Å². The van der Waals surface area contributed by atoms with Crippen molar-refractivity contribution >= 4 is 11.6 Å². The quantitative estimate of drug-likeness (QED) is 0.676. The normalized spacial score (nSPS) is 16.1. The van der Waals surface area contributed by atoms with E-state index in [1.807, 2.05) is 6.07 Å². The van der Waals surface area contributed by atoms with Crippen molar-refractivity contribution in [3.63, 3.8) is 0 Å². The lowest BCUT2D eigenvalue weighted by molar-refractivity contribution is 0.253. The zero-order chi connectivity index (χ0) is 9.90. The van der Waals surface area contributed by atoms with E-state index in [0.29, 0.717) is 11.8 Å². The molecule has 1 aromatic heterocycles. The maximum absolute atomic E-state index is 5.99. The summed E-state index contributed by atoms with van der Waals surface area (Å²) in [6, 6.07) is 2.01. The first-order valence-corrected chi connectivity index (χ1v) is 5.19. The van der Waals surface area contributed by atoms with Crippen LogP contribution in [-0.4, -0.2) is 5.88 Å². The van der Waals surface area contributed by atoms with E-state index in [1.165, 1.54) is 5.56 Å². The minimum atomic E-state index is 0.172. The van der Waals surface area contributed by atoms with Gasteiger partial charge >= 0.3 is 0 Å². The second-order valence-electron chi connectivity index (χ2n) is 4.25. The molecule has 1 atom stereocenters. The van der Waals surface area contributed by atoms with Crippen LogP contribution < -0.4 is 0 Å². The molecular weight excluding hydrogens is 184 g/mol. The van der Waals surface area contributed by atoms with Crippen molar-refractivity contribution in [3.05, 3.63) is 24.2 Å². The first-order valence-electron chi connectivity index (χ1n) is 4.65. The minimum absolute atomic E-state index is 0.172. The van der Waals surface area contributed by atoms with E-state index in [9.17, 15) is 0 Å². The zero-order valence-electron chi connectivity index (χ0n) is 8.51. The molecule has 0 radical (unpaired) electrons.